The van der Waals surface area contributed by atoms with Crippen molar-refractivity contribution >= 4 is 22.7 Å². The number of nitrogens with one attached hydrogen (secondary N) is 1. The molecule has 144 valence electrons. The lowest BCUT2D eigenvalue weighted by Gasteiger charge is -2.48. The summed E-state index contributed by atoms with van der Waals surface area (Å²) in [5.74, 6) is 0.277. The van der Waals surface area contributed by atoms with E-state index in [4.69, 9.17) is 0 Å². The fraction of sp³-hybridized carbons (Fsp3) is 0.571. The number of carbonyl (C=O) groups is 2. The molecule has 27 heavy (non-hydrogen) atoms. The van der Waals surface area contributed by atoms with E-state index in [0.29, 0.717) is 12.1 Å². The van der Waals surface area contributed by atoms with Crippen molar-refractivity contribution in [3.05, 3.63) is 30.0 Å². The van der Waals surface area contributed by atoms with Gasteiger partial charge in [-0.05, 0) is 31.7 Å². The number of hydrogen-bond acceptors (Lipinski definition) is 3. The van der Waals surface area contributed by atoms with Gasteiger partial charge in [0.1, 0.15) is 0 Å². The van der Waals surface area contributed by atoms with Gasteiger partial charge in [0.2, 0.25) is 5.91 Å². The summed E-state index contributed by atoms with van der Waals surface area (Å²) < 4.78 is 0. The third kappa shape index (κ3) is 3.45. The second-order valence-corrected chi connectivity index (χ2v) is 8.12. The topological polar surface area (TPSA) is 69.3 Å². The summed E-state index contributed by atoms with van der Waals surface area (Å²) >= 11 is 0. The van der Waals surface area contributed by atoms with E-state index in [9.17, 15) is 9.59 Å². The number of fused-ring (bicyclic) bond motifs is 1. The van der Waals surface area contributed by atoms with Gasteiger partial charge in [0.05, 0.1) is 5.52 Å². The smallest absolute Gasteiger partial charge is 0.275 e. The molecule has 6 heteroatoms. The summed E-state index contributed by atoms with van der Waals surface area (Å²) in [6.45, 7) is 5.28. The van der Waals surface area contributed by atoms with Gasteiger partial charge in [0.25, 0.3) is 5.91 Å². The first kappa shape index (κ1) is 18.0. The number of nitrogens with zero attached hydrogens (tertiary/aromatic N) is 3. The first-order chi connectivity index (χ1) is 13.1. The highest BCUT2D eigenvalue weighted by atomic mass is 16.2. The Hall–Kier alpha value is -2.37. The number of benzene rings is 1. The van der Waals surface area contributed by atoms with Crippen LogP contribution in [0.15, 0.2) is 24.3 Å². The van der Waals surface area contributed by atoms with Gasteiger partial charge >= 0.3 is 0 Å². The molecule has 2 saturated heterocycles. The molecule has 3 heterocycles. The van der Waals surface area contributed by atoms with Crippen LogP contribution in [0.1, 0.15) is 55.9 Å². The van der Waals surface area contributed by atoms with E-state index in [0.717, 1.165) is 69.2 Å². The van der Waals surface area contributed by atoms with E-state index in [1.807, 2.05) is 34.1 Å². The van der Waals surface area contributed by atoms with Crippen molar-refractivity contribution in [2.45, 2.75) is 45.4 Å². The summed E-state index contributed by atoms with van der Waals surface area (Å²) in [5, 5.41) is 8.14. The zero-order valence-corrected chi connectivity index (χ0v) is 16.0. The lowest BCUT2D eigenvalue weighted by Crippen LogP contribution is -2.55. The molecule has 0 radical (unpaired) electrons. The lowest BCUT2D eigenvalue weighted by molar-refractivity contribution is -0.139. The molecule has 1 atom stereocenters. The average Bonchev–Trinajstić information content (AvgIpc) is 3.12. The third-order valence-corrected chi connectivity index (χ3v) is 6.15. The van der Waals surface area contributed by atoms with Crippen LogP contribution in [0.3, 0.4) is 0 Å². The molecular weight excluding hydrogens is 340 g/mol. The van der Waals surface area contributed by atoms with Gasteiger partial charge in [0.15, 0.2) is 5.69 Å². The van der Waals surface area contributed by atoms with Gasteiger partial charge in [-0.25, -0.2) is 0 Å². The van der Waals surface area contributed by atoms with Gasteiger partial charge in [-0.3, -0.25) is 14.7 Å². The number of piperidine rings is 2. The molecule has 2 aliphatic heterocycles. The van der Waals surface area contributed by atoms with Crippen LogP contribution < -0.4 is 0 Å². The van der Waals surface area contributed by atoms with Crippen LogP contribution in [0.4, 0.5) is 0 Å². The number of aromatic amines is 1. The molecule has 1 aromatic heterocycles. The highest BCUT2D eigenvalue weighted by Crippen LogP contribution is 2.39. The maximum absolute atomic E-state index is 13.2. The van der Waals surface area contributed by atoms with Crippen LogP contribution in [0.25, 0.3) is 10.9 Å². The Bertz CT molecular complexity index is 846. The van der Waals surface area contributed by atoms with E-state index >= 15 is 0 Å². The summed E-state index contributed by atoms with van der Waals surface area (Å²) in [6.07, 6.45) is 5.71. The van der Waals surface area contributed by atoms with Gasteiger partial charge < -0.3 is 9.80 Å². The minimum atomic E-state index is 0.00327. The summed E-state index contributed by atoms with van der Waals surface area (Å²) in [4.78, 5) is 29.5. The minimum absolute atomic E-state index is 0.00327. The molecule has 0 aliphatic carbocycles. The Balaban J connectivity index is 1.52. The molecule has 2 aliphatic rings. The Morgan fingerprint density at radius 1 is 1.26 bits per heavy atom. The van der Waals surface area contributed by atoms with Gasteiger partial charge in [-0.15, -0.1) is 0 Å². The minimum Gasteiger partial charge on any atom is -0.342 e. The predicted molar refractivity (Wildman–Crippen MR) is 104 cm³/mol. The molecule has 1 N–H and O–H groups in total. The number of hydrogen-bond donors (Lipinski definition) is 1. The van der Waals surface area contributed by atoms with E-state index in [1.165, 1.54) is 0 Å². The Morgan fingerprint density at radius 2 is 2.11 bits per heavy atom. The highest BCUT2D eigenvalue weighted by Gasteiger charge is 2.43. The summed E-state index contributed by atoms with van der Waals surface area (Å²) in [7, 11) is 0. The number of H-pyrrole nitrogens is 1. The number of carbonyl (C=O) groups excluding carboxylic acids is 2. The van der Waals surface area contributed by atoms with Crippen molar-refractivity contribution in [2.75, 3.05) is 26.2 Å². The van der Waals surface area contributed by atoms with E-state index < -0.39 is 0 Å². The predicted octanol–water partition coefficient (Wildman–Crippen LogP) is 3.21. The largest absolute Gasteiger partial charge is 0.342 e. The molecule has 2 amide bonds. The summed E-state index contributed by atoms with van der Waals surface area (Å²) in [5.41, 5.74) is 1.45. The van der Waals surface area contributed by atoms with E-state index in [-0.39, 0.29) is 17.2 Å². The normalized spacial score (nSPS) is 23.4. The Labute approximate surface area is 159 Å². The van der Waals surface area contributed by atoms with Crippen molar-refractivity contribution in [1.82, 2.24) is 20.0 Å². The molecular formula is C21H28N4O2. The lowest BCUT2D eigenvalue weighted by atomic mass is 9.73. The second kappa shape index (κ2) is 7.33. The molecule has 0 bridgehead atoms. The van der Waals surface area contributed by atoms with Crippen LogP contribution in [0.5, 0.6) is 0 Å². The van der Waals surface area contributed by atoms with Gasteiger partial charge in [-0.2, -0.15) is 5.10 Å². The number of unbranched alkanes of at least 4 members (excludes halogenated alkanes) is 1. The Morgan fingerprint density at radius 3 is 2.96 bits per heavy atom. The molecule has 2 aromatic rings. The number of aromatic nitrogens is 2. The standard InChI is InChI=1S/C21H28N4O2/c1-2-3-12-24-14-21(11-9-18(24)26)10-6-13-25(15-21)20(27)19-16-7-4-5-8-17(16)22-23-19/h4-5,7-8H,2-3,6,9-15H2,1H3,(H,22,23)/t21-/m0/s1. The number of amides is 2. The number of para-hydroxylation sites is 1. The van der Waals surface area contributed by atoms with E-state index in [1.54, 1.807) is 0 Å². The fourth-order valence-corrected chi connectivity index (χ4v) is 4.65. The average molecular weight is 368 g/mol. The van der Waals surface area contributed by atoms with Crippen molar-refractivity contribution in [1.29, 1.82) is 0 Å². The second-order valence-electron chi connectivity index (χ2n) is 8.12. The quantitative estimate of drug-likeness (QED) is 0.901. The van der Waals surface area contributed by atoms with Crippen LogP contribution in [-0.4, -0.2) is 58.0 Å². The van der Waals surface area contributed by atoms with Gasteiger partial charge in [0, 0.05) is 43.4 Å². The highest BCUT2D eigenvalue weighted by molar-refractivity contribution is 6.04. The monoisotopic (exact) mass is 368 g/mol. The third-order valence-electron chi connectivity index (χ3n) is 6.15. The van der Waals surface area contributed by atoms with Crippen molar-refractivity contribution in [3.63, 3.8) is 0 Å². The van der Waals surface area contributed by atoms with Crippen LogP contribution in [0.2, 0.25) is 0 Å². The molecule has 2 fully saturated rings. The maximum Gasteiger partial charge on any atom is 0.275 e. The summed E-state index contributed by atoms with van der Waals surface area (Å²) in [6, 6.07) is 7.76. The zero-order chi connectivity index (χ0) is 18.9. The van der Waals surface area contributed by atoms with Crippen molar-refractivity contribution < 1.29 is 9.59 Å². The Kier molecular flexibility index (Phi) is 4.89. The first-order valence-corrected chi connectivity index (χ1v) is 10.1. The SMILES string of the molecule is CCCCN1C[C@]2(CCCN(C(=O)c3n[nH]c4ccccc34)C2)CCC1=O. The zero-order valence-electron chi connectivity index (χ0n) is 16.0. The molecule has 1 aromatic carbocycles. The molecule has 1 spiro atoms. The first-order valence-electron chi connectivity index (χ1n) is 10.1. The van der Waals surface area contributed by atoms with Crippen LogP contribution in [0, 0.1) is 5.41 Å². The fourth-order valence-electron chi connectivity index (χ4n) is 4.65. The molecule has 4 rings (SSSR count). The van der Waals surface area contributed by atoms with Crippen molar-refractivity contribution in [2.24, 2.45) is 5.41 Å². The maximum atomic E-state index is 13.2. The molecule has 0 saturated carbocycles. The van der Waals surface area contributed by atoms with Crippen LogP contribution in [-0.2, 0) is 4.79 Å². The van der Waals surface area contributed by atoms with Gasteiger partial charge in [-0.1, -0.05) is 31.5 Å². The van der Waals surface area contributed by atoms with E-state index in [2.05, 4.69) is 17.1 Å². The van der Waals surface area contributed by atoms with Crippen molar-refractivity contribution in [3.8, 4) is 0 Å². The number of likely N-dealkylation sites (tertiary alicyclic amines) is 2. The molecule has 6 nitrogen and oxygen atoms in total. The van der Waals surface area contributed by atoms with Crippen LogP contribution >= 0.6 is 0 Å². The molecule has 0 unspecified atom stereocenters. The number of rotatable bonds is 4.